The standard InChI is InChI=1S/C16H22BClO4/c1-10-8-11(18)6-7-12(10)13(9-14(19)20)17-21-15(2,3)16(4,5)22-17/h6-8,13H,9H2,1-5H3,(H,19,20). The Morgan fingerprint density at radius 1 is 1.27 bits per heavy atom. The number of carbonyl (C=O) groups is 1. The topological polar surface area (TPSA) is 55.8 Å². The van der Waals surface area contributed by atoms with Gasteiger partial charge in [-0.05, 0) is 57.9 Å². The molecule has 1 heterocycles. The first-order chi connectivity index (χ1) is 10.0. The van der Waals surface area contributed by atoms with Crippen LogP contribution in [0.2, 0.25) is 5.02 Å². The highest BCUT2D eigenvalue weighted by atomic mass is 35.5. The highest BCUT2D eigenvalue weighted by Crippen LogP contribution is 2.42. The SMILES string of the molecule is Cc1cc(Cl)ccc1C(CC(=O)O)B1OC(C)(C)C(C)(C)O1. The van der Waals surface area contributed by atoms with E-state index in [4.69, 9.17) is 20.9 Å². The maximum atomic E-state index is 11.3. The smallest absolute Gasteiger partial charge is 0.466 e. The van der Waals surface area contributed by atoms with Crippen LogP contribution < -0.4 is 0 Å². The molecule has 0 aliphatic carbocycles. The molecule has 1 aliphatic heterocycles. The molecule has 1 unspecified atom stereocenters. The second-order valence-electron chi connectivity index (χ2n) is 6.83. The average molecular weight is 325 g/mol. The third kappa shape index (κ3) is 3.32. The lowest BCUT2D eigenvalue weighted by atomic mass is 9.65. The van der Waals surface area contributed by atoms with Crippen molar-refractivity contribution in [2.45, 2.75) is 58.1 Å². The zero-order chi connectivity index (χ0) is 16.7. The third-order valence-electron chi connectivity index (χ3n) is 4.63. The van der Waals surface area contributed by atoms with Crippen LogP contribution in [0.5, 0.6) is 0 Å². The van der Waals surface area contributed by atoms with Crippen LogP contribution in [0.15, 0.2) is 18.2 Å². The lowest BCUT2D eigenvalue weighted by molar-refractivity contribution is -0.137. The lowest BCUT2D eigenvalue weighted by Gasteiger charge is -2.32. The van der Waals surface area contributed by atoms with Crippen LogP contribution >= 0.6 is 11.6 Å². The van der Waals surface area contributed by atoms with Crippen molar-refractivity contribution < 1.29 is 19.2 Å². The predicted octanol–water partition coefficient (Wildman–Crippen LogP) is 3.84. The van der Waals surface area contributed by atoms with Crippen LogP contribution in [0.1, 0.15) is 51.1 Å². The number of carboxylic acid groups (broad SMARTS) is 1. The van der Waals surface area contributed by atoms with Crippen LogP contribution in [-0.2, 0) is 14.1 Å². The zero-order valence-corrected chi connectivity index (χ0v) is 14.4. The van der Waals surface area contributed by atoms with Gasteiger partial charge in [0.25, 0.3) is 0 Å². The van der Waals surface area contributed by atoms with Gasteiger partial charge in [-0.25, -0.2) is 0 Å². The number of hydrogen-bond acceptors (Lipinski definition) is 3. The molecule has 2 rings (SSSR count). The summed E-state index contributed by atoms with van der Waals surface area (Å²) in [6.07, 6.45) is -0.0563. The molecule has 1 atom stereocenters. The molecule has 4 nitrogen and oxygen atoms in total. The molecule has 0 amide bonds. The number of halogens is 1. The summed E-state index contributed by atoms with van der Waals surface area (Å²) in [5.74, 6) is -1.26. The van der Waals surface area contributed by atoms with Crippen LogP contribution in [0, 0.1) is 6.92 Å². The summed E-state index contributed by atoms with van der Waals surface area (Å²) in [6.45, 7) is 9.75. The van der Waals surface area contributed by atoms with Gasteiger partial charge in [0, 0.05) is 10.8 Å². The number of benzene rings is 1. The molecule has 6 heteroatoms. The fraction of sp³-hybridized carbons (Fsp3) is 0.562. The van der Waals surface area contributed by atoms with Crippen molar-refractivity contribution in [3.63, 3.8) is 0 Å². The Balaban J connectivity index is 2.38. The minimum Gasteiger partial charge on any atom is -0.481 e. The molecule has 1 N–H and O–H groups in total. The first-order valence-corrected chi connectivity index (χ1v) is 7.75. The van der Waals surface area contributed by atoms with E-state index in [1.807, 2.05) is 46.8 Å². The van der Waals surface area contributed by atoms with Crippen molar-refractivity contribution in [3.8, 4) is 0 Å². The Hall–Kier alpha value is -1.04. The van der Waals surface area contributed by atoms with E-state index in [-0.39, 0.29) is 12.2 Å². The molecule has 0 spiro atoms. The fourth-order valence-electron chi connectivity index (χ4n) is 2.65. The Kier molecular flexibility index (Phi) is 4.62. The molecule has 1 fully saturated rings. The lowest BCUT2D eigenvalue weighted by Crippen LogP contribution is -2.41. The van der Waals surface area contributed by atoms with Gasteiger partial charge in [0.15, 0.2) is 0 Å². The Bertz CT molecular complexity index is 570. The summed E-state index contributed by atoms with van der Waals surface area (Å²) in [5.41, 5.74) is 0.850. The highest BCUT2D eigenvalue weighted by Gasteiger charge is 2.54. The van der Waals surface area contributed by atoms with E-state index in [2.05, 4.69) is 0 Å². The van der Waals surface area contributed by atoms with Gasteiger partial charge in [0.05, 0.1) is 17.6 Å². The number of aliphatic carboxylic acids is 1. The van der Waals surface area contributed by atoms with Gasteiger partial charge in [-0.15, -0.1) is 0 Å². The van der Waals surface area contributed by atoms with Gasteiger partial charge in [-0.1, -0.05) is 17.7 Å². The van der Waals surface area contributed by atoms with Gasteiger partial charge < -0.3 is 14.4 Å². The van der Waals surface area contributed by atoms with Crippen LogP contribution in [-0.4, -0.2) is 29.4 Å². The van der Waals surface area contributed by atoms with E-state index in [1.165, 1.54) is 0 Å². The maximum Gasteiger partial charge on any atom is 0.466 e. The largest absolute Gasteiger partial charge is 0.481 e. The zero-order valence-electron chi connectivity index (χ0n) is 13.6. The van der Waals surface area contributed by atoms with Crippen molar-refractivity contribution >= 4 is 24.7 Å². The summed E-state index contributed by atoms with van der Waals surface area (Å²) in [6, 6.07) is 5.46. The minimum atomic E-state index is -0.880. The monoisotopic (exact) mass is 324 g/mol. The number of aryl methyl sites for hydroxylation is 1. The molecule has 1 aliphatic rings. The normalized spacial score (nSPS) is 20.9. The molecule has 1 saturated heterocycles. The summed E-state index contributed by atoms with van der Waals surface area (Å²) in [7, 11) is -0.596. The van der Waals surface area contributed by atoms with Gasteiger partial charge >= 0.3 is 13.1 Å². The number of rotatable bonds is 4. The Morgan fingerprint density at radius 2 is 1.82 bits per heavy atom. The third-order valence-corrected chi connectivity index (χ3v) is 4.86. The van der Waals surface area contributed by atoms with Gasteiger partial charge in [0.1, 0.15) is 0 Å². The molecule has 0 bridgehead atoms. The summed E-state index contributed by atoms with van der Waals surface area (Å²) in [5, 5.41) is 9.90. The molecule has 1 aromatic rings. The predicted molar refractivity (Wildman–Crippen MR) is 87.3 cm³/mol. The quantitative estimate of drug-likeness (QED) is 0.855. The van der Waals surface area contributed by atoms with Crippen molar-refractivity contribution in [1.29, 1.82) is 0 Å². The minimum absolute atomic E-state index is 0.0563. The molecule has 22 heavy (non-hydrogen) atoms. The molecule has 0 saturated carbocycles. The van der Waals surface area contributed by atoms with E-state index in [0.717, 1.165) is 11.1 Å². The molecule has 0 radical (unpaired) electrons. The molecule has 120 valence electrons. The Morgan fingerprint density at radius 3 is 2.27 bits per heavy atom. The van der Waals surface area contributed by atoms with Crippen molar-refractivity contribution in [3.05, 3.63) is 34.3 Å². The summed E-state index contributed by atoms with van der Waals surface area (Å²) < 4.78 is 12.1. The molecular weight excluding hydrogens is 302 g/mol. The second kappa shape index (κ2) is 5.87. The number of hydrogen-bond donors (Lipinski definition) is 1. The highest BCUT2D eigenvalue weighted by molar-refractivity contribution is 6.48. The first kappa shape index (κ1) is 17.3. The van der Waals surface area contributed by atoms with Gasteiger partial charge in [0.2, 0.25) is 0 Å². The van der Waals surface area contributed by atoms with Crippen LogP contribution in [0.3, 0.4) is 0 Å². The van der Waals surface area contributed by atoms with Crippen molar-refractivity contribution in [2.75, 3.05) is 0 Å². The van der Waals surface area contributed by atoms with E-state index in [9.17, 15) is 9.90 Å². The Labute approximate surface area is 136 Å². The molecule has 1 aromatic carbocycles. The van der Waals surface area contributed by atoms with Crippen LogP contribution in [0.25, 0.3) is 0 Å². The summed E-state index contributed by atoms with van der Waals surface area (Å²) in [4.78, 5) is 11.3. The fourth-order valence-corrected chi connectivity index (χ4v) is 2.88. The van der Waals surface area contributed by atoms with E-state index < -0.39 is 24.3 Å². The van der Waals surface area contributed by atoms with Crippen LogP contribution in [0.4, 0.5) is 0 Å². The molecule has 0 aromatic heterocycles. The molecular formula is C16H22BClO4. The van der Waals surface area contributed by atoms with E-state index in [1.54, 1.807) is 6.07 Å². The van der Waals surface area contributed by atoms with E-state index in [0.29, 0.717) is 5.02 Å². The average Bonchev–Trinajstić information content (AvgIpc) is 2.56. The van der Waals surface area contributed by atoms with E-state index >= 15 is 0 Å². The van der Waals surface area contributed by atoms with Crippen molar-refractivity contribution in [2.24, 2.45) is 0 Å². The first-order valence-electron chi connectivity index (χ1n) is 7.37. The second-order valence-corrected chi connectivity index (χ2v) is 7.27. The van der Waals surface area contributed by atoms with Gasteiger partial charge in [-0.2, -0.15) is 0 Å². The maximum absolute atomic E-state index is 11.3. The number of carboxylic acids is 1. The van der Waals surface area contributed by atoms with Crippen molar-refractivity contribution in [1.82, 2.24) is 0 Å². The van der Waals surface area contributed by atoms with Gasteiger partial charge in [-0.3, -0.25) is 4.79 Å². The summed E-state index contributed by atoms with van der Waals surface area (Å²) >= 11 is 6.00.